The monoisotopic (exact) mass is 311 g/mol. The lowest BCUT2D eigenvalue weighted by molar-refractivity contribution is 0.147. The zero-order chi connectivity index (χ0) is 17.6. The van der Waals surface area contributed by atoms with Crippen molar-refractivity contribution in [1.82, 2.24) is 5.32 Å². The predicted molar refractivity (Wildman–Crippen MR) is 102 cm³/mol. The van der Waals surface area contributed by atoms with Crippen LogP contribution in [0.25, 0.3) is 0 Å². The van der Waals surface area contributed by atoms with Crippen LogP contribution >= 0.6 is 0 Å². The molecule has 0 bridgehead atoms. The van der Waals surface area contributed by atoms with E-state index in [0.717, 1.165) is 47.3 Å². The molecular formula is C21H45N. The normalized spacial score (nSPS) is 22.2. The first-order chi connectivity index (χ1) is 10.0. The van der Waals surface area contributed by atoms with Crippen LogP contribution in [0.2, 0.25) is 0 Å². The molecule has 0 aliphatic rings. The minimum atomic E-state index is 0.632. The van der Waals surface area contributed by atoms with E-state index in [2.05, 4.69) is 81.6 Å². The maximum Gasteiger partial charge on any atom is 0.00949 e. The SMILES string of the molecule is CNC(CC(C)C(C)C(C)C(C)C)C(C)C(C)C(C)C(C)C. The van der Waals surface area contributed by atoms with Crippen molar-refractivity contribution in [3.63, 3.8) is 0 Å². The highest BCUT2D eigenvalue weighted by atomic mass is 14.9. The Labute approximate surface area is 142 Å². The van der Waals surface area contributed by atoms with Gasteiger partial charge in [0.25, 0.3) is 0 Å². The summed E-state index contributed by atoms with van der Waals surface area (Å²) in [7, 11) is 2.15. The van der Waals surface area contributed by atoms with Gasteiger partial charge in [-0.1, -0.05) is 69.2 Å². The van der Waals surface area contributed by atoms with Gasteiger partial charge in [-0.2, -0.15) is 0 Å². The third-order valence-corrected chi connectivity index (χ3v) is 7.12. The molecule has 0 rings (SSSR count). The average molecular weight is 312 g/mol. The van der Waals surface area contributed by atoms with Crippen LogP contribution in [0.5, 0.6) is 0 Å². The molecule has 22 heavy (non-hydrogen) atoms. The smallest absolute Gasteiger partial charge is 0.00949 e. The first kappa shape index (κ1) is 22.0. The van der Waals surface area contributed by atoms with Crippen molar-refractivity contribution < 1.29 is 0 Å². The quantitative estimate of drug-likeness (QED) is 0.514. The molecule has 0 fully saturated rings. The van der Waals surface area contributed by atoms with Gasteiger partial charge < -0.3 is 5.32 Å². The van der Waals surface area contributed by atoms with Crippen molar-refractivity contribution in [3.8, 4) is 0 Å². The lowest BCUT2D eigenvalue weighted by atomic mass is 9.72. The minimum Gasteiger partial charge on any atom is -0.317 e. The molecular weight excluding hydrogens is 266 g/mol. The highest BCUT2D eigenvalue weighted by Crippen LogP contribution is 2.34. The molecule has 1 heteroatoms. The van der Waals surface area contributed by atoms with Crippen LogP contribution in [0.15, 0.2) is 0 Å². The van der Waals surface area contributed by atoms with Crippen molar-refractivity contribution in [2.75, 3.05) is 7.05 Å². The Hall–Kier alpha value is -0.0400. The van der Waals surface area contributed by atoms with E-state index >= 15 is 0 Å². The molecule has 134 valence electrons. The second-order valence-corrected chi connectivity index (χ2v) is 8.89. The maximum absolute atomic E-state index is 3.63. The summed E-state index contributed by atoms with van der Waals surface area (Å²) in [4.78, 5) is 0. The van der Waals surface area contributed by atoms with Gasteiger partial charge in [0.2, 0.25) is 0 Å². The van der Waals surface area contributed by atoms with Gasteiger partial charge in [0, 0.05) is 6.04 Å². The van der Waals surface area contributed by atoms with Gasteiger partial charge >= 0.3 is 0 Å². The van der Waals surface area contributed by atoms with E-state index < -0.39 is 0 Å². The molecule has 7 atom stereocenters. The summed E-state index contributed by atoms with van der Waals surface area (Å²) in [6.45, 7) is 24.1. The first-order valence-corrected chi connectivity index (χ1v) is 9.71. The summed E-state index contributed by atoms with van der Waals surface area (Å²) in [6, 6.07) is 0.632. The molecule has 0 saturated heterocycles. The van der Waals surface area contributed by atoms with Gasteiger partial charge in [-0.05, 0) is 60.8 Å². The van der Waals surface area contributed by atoms with Crippen molar-refractivity contribution in [1.29, 1.82) is 0 Å². The Kier molecular flexibility index (Phi) is 9.94. The third kappa shape index (κ3) is 6.22. The molecule has 0 aromatic heterocycles. The van der Waals surface area contributed by atoms with Crippen LogP contribution in [0.4, 0.5) is 0 Å². The first-order valence-electron chi connectivity index (χ1n) is 9.71. The molecule has 0 aliphatic heterocycles. The largest absolute Gasteiger partial charge is 0.317 e. The van der Waals surface area contributed by atoms with Crippen LogP contribution in [0.1, 0.15) is 75.7 Å². The molecule has 0 aromatic carbocycles. The summed E-state index contributed by atoms with van der Waals surface area (Å²) in [5.74, 6) is 6.20. The summed E-state index contributed by atoms with van der Waals surface area (Å²) in [6.07, 6.45) is 1.30. The van der Waals surface area contributed by atoms with E-state index in [0.29, 0.717) is 6.04 Å². The zero-order valence-electron chi connectivity index (χ0n) is 17.4. The molecule has 1 nitrogen and oxygen atoms in total. The van der Waals surface area contributed by atoms with E-state index in [1.165, 1.54) is 6.42 Å². The number of rotatable bonds is 10. The number of hydrogen-bond acceptors (Lipinski definition) is 1. The van der Waals surface area contributed by atoms with Gasteiger partial charge in [-0.15, -0.1) is 0 Å². The predicted octanol–water partition coefficient (Wildman–Crippen LogP) is 6.09. The van der Waals surface area contributed by atoms with Crippen LogP contribution in [-0.2, 0) is 0 Å². The van der Waals surface area contributed by atoms with E-state index in [1.54, 1.807) is 0 Å². The number of hydrogen-bond donors (Lipinski definition) is 1. The van der Waals surface area contributed by atoms with E-state index in [4.69, 9.17) is 0 Å². The summed E-state index contributed by atoms with van der Waals surface area (Å²) < 4.78 is 0. The van der Waals surface area contributed by atoms with E-state index in [-0.39, 0.29) is 0 Å². The van der Waals surface area contributed by atoms with Crippen molar-refractivity contribution >= 4 is 0 Å². The Morgan fingerprint density at radius 1 is 0.545 bits per heavy atom. The molecule has 0 aromatic rings. The van der Waals surface area contributed by atoms with Gasteiger partial charge in [-0.25, -0.2) is 0 Å². The highest BCUT2D eigenvalue weighted by molar-refractivity contribution is 4.83. The lowest BCUT2D eigenvalue weighted by Crippen LogP contribution is -2.40. The Morgan fingerprint density at radius 3 is 1.32 bits per heavy atom. The van der Waals surface area contributed by atoms with E-state index in [9.17, 15) is 0 Å². The second-order valence-electron chi connectivity index (χ2n) is 8.89. The average Bonchev–Trinajstić information content (AvgIpc) is 2.48. The fourth-order valence-corrected chi connectivity index (χ4v) is 3.79. The summed E-state index contributed by atoms with van der Waals surface area (Å²) >= 11 is 0. The topological polar surface area (TPSA) is 12.0 Å². The Balaban J connectivity index is 4.77. The van der Waals surface area contributed by atoms with Gasteiger partial charge in [0.05, 0.1) is 0 Å². The molecule has 0 amide bonds. The summed E-state index contributed by atoms with van der Waals surface area (Å²) in [5.41, 5.74) is 0. The van der Waals surface area contributed by atoms with Crippen LogP contribution in [-0.4, -0.2) is 13.1 Å². The standard InChI is InChI=1S/C21H45N/c1-13(2)16(6)18(8)15(5)12-21(22-11)20(10)19(9)17(7)14(3)4/h13-22H,12H2,1-11H3. The number of nitrogens with one attached hydrogen (secondary N) is 1. The van der Waals surface area contributed by atoms with Crippen molar-refractivity contribution in [2.24, 2.45) is 47.3 Å². The van der Waals surface area contributed by atoms with Gasteiger partial charge in [0.1, 0.15) is 0 Å². The molecule has 0 radical (unpaired) electrons. The van der Waals surface area contributed by atoms with Crippen molar-refractivity contribution in [3.05, 3.63) is 0 Å². The third-order valence-electron chi connectivity index (χ3n) is 7.12. The van der Waals surface area contributed by atoms with Crippen LogP contribution < -0.4 is 5.32 Å². The van der Waals surface area contributed by atoms with Crippen LogP contribution in [0.3, 0.4) is 0 Å². The van der Waals surface area contributed by atoms with Crippen molar-refractivity contribution in [2.45, 2.75) is 81.7 Å². The van der Waals surface area contributed by atoms with Gasteiger partial charge in [-0.3, -0.25) is 0 Å². The minimum absolute atomic E-state index is 0.632. The molecule has 0 aliphatic carbocycles. The zero-order valence-corrected chi connectivity index (χ0v) is 17.4. The summed E-state index contributed by atoms with van der Waals surface area (Å²) in [5, 5.41) is 3.63. The molecule has 1 N–H and O–H groups in total. The molecule has 0 heterocycles. The Bertz CT molecular complexity index is 284. The second kappa shape index (κ2) is 9.96. The van der Waals surface area contributed by atoms with E-state index in [1.807, 2.05) is 0 Å². The molecule has 0 saturated carbocycles. The molecule has 7 unspecified atom stereocenters. The Morgan fingerprint density at radius 2 is 0.955 bits per heavy atom. The maximum atomic E-state index is 3.63. The highest BCUT2D eigenvalue weighted by Gasteiger charge is 2.30. The lowest BCUT2D eigenvalue weighted by Gasteiger charge is -2.37. The molecule has 0 spiro atoms. The van der Waals surface area contributed by atoms with Crippen LogP contribution in [0, 0.1) is 47.3 Å². The van der Waals surface area contributed by atoms with Gasteiger partial charge in [0.15, 0.2) is 0 Å². The fraction of sp³-hybridized carbons (Fsp3) is 1.00. The fourth-order valence-electron chi connectivity index (χ4n) is 3.79.